The molecule has 0 aliphatic carbocycles. The van der Waals surface area contributed by atoms with Gasteiger partial charge in [-0.3, -0.25) is 10.1 Å². The van der Waals surface area contributed by atoms with Gasteiger partial charge in [0.05, 0.1) is 24.5 Å². The van der Waals surface area contributed by atoms with Gasteiger partial charge in [0.1, 0.15) is 18.1 Å². The fraction of sp³-hybridized carbons (Fsp3) is 0.217. The average molecular weight is 388 g/mol. The molecule has 2 aromatic carbocycles. The van der Waals surface area contributed by atoms with Crippen LogP contribution < -0.4 is 15.2 Å². The van der Waals surface area contributed by atoms with Crippen LogP contribution in [0.2, 0.25) is 0 Å². The second-order valence-corrected chi connectivity index (χ2v) is 7.07. The maximum Gasteiger partial charge on any atom is 0.138 e. The van der Waals surface area contributed by atoms with Gasteiger partial charge in [0.2, 0.25) is 0 Å². The van der Waals surface area contributed by atoms with Crippen LogP contribution in [-0.4, -0.2) is 34.9 Å². The van der Waals surface area contributed by atoms with Crippen molar-refractivity contribution >= 4 is 10.9 Å². The van der Waals surface area contributed by atoms with E-state index in [1.807, 2.05) is 55.6 Å². The number of hydrogen-bond donors (Lipinski definition) is 2. The standard InChI is InChI=1S/C23H24N4O2/c1-15-21-11-16(7-8-22(21)27-26-15)18-10-20(13-25-12-18)29-14-19(24)9-17-5-3-4-6-23(17)28-2/h3-8,10-13,19H,9,14,24H2,1-2H3,(H,26,27)/t19-/m0/s1. The summed E-state index contributed by atoms with van der Waals surface area (Å²) < 4.78 is 11.3. The molecule has 0 saturated carbocycles. The van der Waals surface area contributed by atoms with Crippen LogP contribution in [-0.2, 0) is 6.42 Å². The maximum atomic E-state index is 6.28. The number of aromatic amines is 1. The van der Waals surface area contributed by atoms with Gasteiger partial charge in [-0.2, -0.15) is 5.10 Å². The molecule has 0 amide bonds. The summed E-state index contributed by atoms with van der Waals surface area (Å²) in [5, 5.41) is 8.39. The van der Waals surface area contributed by atoms with Crippen molar-refractivity contribution in [3.8, 4) is 22.6 Å². The highest BCUT2D eigenvalue weighted by Crippen LogP contribution is 2.27. The van der Waals surface area contributed by atoms with E-state index in [0.29, 0.717) is 18.8 Å². The van der Waals surface area contributed by atoms with Crippen molar-refractivity contribution in [1.29, 1.82) is 0 Å². The Kier molecular flexibility index (Phi) is 5.44. The number of methoxy groups -OCH3 is 1. The molecule has 29 heavy (non-hydrogen) atoms. The SMILES string of the molecule is COc1ccccc1C[C@H](N)COc1cncc(-c2ccc3[nH]nc(C)c3c2)c1. The van der Waals surface area contributed by atoms with Crippen LogP contribution in [0.3, 0.4) is 0 Å². The molecule has 0 fully saturated rings. The van der Waals surface area contributed by atoms with Crippen LogP contribution in [0.5, 0.6) is 11.5 Å². The van der Waals surface area contributed by atoms with Gasteiger partial charge in [-0.05, 0) is 48.7 Å². The number of H-pyrrole nitrogens is 1. The molecule has 6 heteroatoms. The van der Waals surface area contributed by atoms with Crippen molar-refractivity contribution in [1.82, 2.24) is 15.2 Å². The van der Waals surface area contributed by atoms with E-state index in [2.05, 4.69) is 21.2 Å². The van der Waals surface area contributed by atoms with Crippen LogP contribution >= 0.6 is 0 Å². The number of pyridine rings is 1. The molecule has 2 heterocycles. The first-order chi connectivity index (χ1) is 14.1. The van der Waals surface area contributed by atoms with E-state index in [9.17, 15) is 0 Å². The highest BCUT2D eigenvalue weighted by atomic mass is 16.5. The molecule has 148 valence electrons. The second kappa shape index (κ2) is 8.32. The first kappa shape index (κ1) is 19.0. The number of para-hydroxylation sites is 1. The Morgan fingerprint density at radius 2 is 1.93 bits per heavy atom. The molecule has 6 nitrogen and oxygen atoms in total. The van der Waals surface area contributed by atoms with E-state index in [1.165, 1.54) is 0 Å². The Hall–Kier alpha value is -3.38. The van der Waals surface area contributed by atoms with Crippen LogP contribution in [0.15, 0.2) is 60.9 Å². The molecular weight excluding hydrogens is 364 g/mol. The van der Waals surface area contributed by atoms with Gasteiger partial charge in [-0.1, -0.05) is 24.3 Å². The zero-order valence-electron chi connectivity index (χ0n) is 16.6. The lowest BCUT2D eigenvalue weighted by molar-refractivity contribution is 0.285. The third kappa shape index (κ3) is 4.22. The number of ether oxygens (including phenoxy) is 2. The molecular formula is C23H24N4O2. The van der Waals surface area contributed by atoms with Gasteiger partial charge < -0.3 is 15.2 Å². The molecule has 0 bridgehead atoms. The summed E-state index contributed by atoms with van der Waals surface area (Å²) in [5.41, 5.74) is 11.4. The summed E-state index contributed by atoms with van der Waals surface area (Å²) in [7, 11) is 1.67. The van der Waals surface area contributed by atoms with Crippen molar-refractivity contribution in [2.75, 3.05) is 13.7 Å². The lowest BCUT2D eigenvalue weighted by atomic mass is 10.0. The Morgan fingerprint density at radius 3 is 2.79 bits per heavy atom. The topological polar surface area (TPSA) is 86.0 Å². The molecule has 4 aromatic rings. The smallest absolute Gasteiger partial charge is 0.138 e. The third-order valence-corrected chi connectivity index (χ3v) is 4.94. The van der Waals surface area contributed by atoms with E-state index in [-0.39, 0.29) is 6.04 Å². The highest BCUT2D eigenvalue weighted by molar-refractivity contribution is 5.86. The van der Waals surface area contributed by atoms with Gasteiger partial charge in [0.25, 0.3) is 0 Å². The second-order valence-electron chi connectivity index (χ2n) is 7.07. The number of hydrogen-bond acceptors (Lipinski definition) is 5. The molecule has 0 radical (unpaired) electrons. The number of rotatable bonds is 7. The number of nitrogens with one attached hydrogen (secondary N) is 1. The van der Waals surface area contributed by atoms with Gasteiger partial charge in [-0.25, -0.2) is 0 Å². The zero-order chi connectivity index (χ0) is 20.2. The van der Waals surface area contributed by atoms with Crippen molar-refractivity contribution in [3.05, 3.63) is 72.2 Å². The monoisotopic (exact) mass is 388 g/mol. The molecule has 0 spiro atoms. The molecule has 0 unspecified atom stereocenters. The molecule has 2 aromatic heterocycles. The fourth-order valence-electron chi connectivity index (χ4n) is 3.40. The molecule has 0 aliphatic heterocycles. The Balaban J connectivity index is 1.45. The number of benzene rings is 2. The van der Waals surface area contributed by atoms with Gasteiger partial charge in [0.15, 0.2) is 0 Å². The van der Waals surface area contributed by atoms with E-state index in [0.717, 1.165) is 39.0 Å². The van der Waals surface area contributed by atoms with E-state index in [4.69, 9.17) is 15.2 Å². The van der Waals surface area contributed by atoms with Gasteiger partial charge >= 0.3 is 0 Å². The minimum absolute atomic E-state index is 0.153. The highest BCUT2D eigenvalue weighted by Gasteiger charge is 2.10. The Bertz CT molecular complexity index is 1120. The molecule has 3 N–H and O–H groups in total. The van der Waals surface area contributed by atoms with E-state index < -0.39 is 0 Å². The van der Waals surface area contributed by atoms with E-state index >= 15 is 0 Å². The molecule has 1 atom stereocenters. The van der Waals surface area contributed by atoms with Crippen molar-refractivity contribution in [2.45, 2.75) is 19.4 Å². The summed E-state index contributed by atoms with van der Waals surface area (Å²) in [4.78, 5) is 4.33. The van der Waals surface area contributed by atoms with Gasteiger partial charge in [-0.15, -0.1) is 0 Å². The van der Waals surface area contributed by atoms with Crippen molar-refractivity contribution < 1.29 is 9.47 Å². The largest absolute Gasteiger partial charge is 0.496 e. The summed E-state index contributed by atoms with van der Waals surface area (Å²) in [6, 6.07) is 15.9. The summed E-state index contributed by atoms with van der Waals surface area (Å²) >= 11 is 0. The molecule has 0 saturated heterocycles. The number of nitrogens with zero attached hydrogens (tertiary/aromatic N) is 2. The van der Waals surface area contributed by atoms with Crippen LogP contribution in [0, 0.1) is 6.92 Å². The number of fused-ring (bicyclic) bond motifs is 1. The first-order valence-corrected chi connectivity index (χ1v) is 9.54. The summed E-state index contributed by atoms with van der Waals surface area (Å²) in [6.07, 6.45) is 4.22. The Labute approximate surface area is 169 Å². The van der Waals surface area contributed by atoms with Crippen LogP contribution in [0.1, 0.15) is 11.3 Å². The number of aromatic nitrogens is 3. The lowest BCUT2D eigenvalue weighted by Crippen LogP contribution is -2.30. The van der Waals surface area contributed by atoms with E-state index in [1.54, 1.807) is 13.3 Å². The predicted octanol–water partition coefficient (Wildman–Crippen LogP) is 3.89. The normalized spacial score (nSPS) is 12.1. The third-order valence-electron chi connectivity index (χ3n) is 4.94. The summed E-state index contributed by atoms with van der Waals surface area (Å²) in [6.45, 7) is 2.38. The quantitative estimate of drug-likeness (QED) is 0.502. The fourth-order valence-corrected chi connectivity index (χ4v) is 3.40. The minimum atomic E-state index is -0.153. The number of aryl methyl sites for hydroxylation is 1. The van der Waals surface area contributed by atoms with Crippen LogP contribution in [0.25, 0.3) is 22.0 Å². The minimum Gasteiger partial charge on any atom is -0.496 e. The first-order valence-electron chi connectivity index (χ1n) is 9.54. The Morgan fingerprint density at radius 1 is 1.07 bits per heavy atom. The molecule has 4 rings (SSSR count). The summed E-state index contributed by atoms with van der Waals surface area (Å²) in [5.74, 6) is 1.54. The zero-order valence-corrected chi connectivity index (χ0v) is 16.6. The van der Waals surface area contributed by atoms with Crippen molar-refractivity contribution in [2.24, 2.45) is 5.73 Å². The van der Waals surface area contributed by atoms with Crippen molar-refractivity contribution in [3.63, 3.8) is 0 Å². The predicted molar refractivity (Wildman–Crippen MR) is 114 cm³/mol. The average Bonchev–Trinajstić information content (AvgIpc) is 3.13. The van der Waals surface area contributed by atoms with Gasteiger partial charge in [0, 0.05) is 23.2 Å². The van der Waals surface area contributed by atoms with Crippen LogP contribution in [0.4, 0.5) is 0 Å². The maximum absolute atomic E-state index is 6.28. The number of nitrogens with two attached hydrogens (primary N) is 1. The molecule has 0 aliphatic rings. The lowest BCUT2D eigenvalue weighted by Gasteiger charge is -2.15.